The molecule has 0 bridgehead atoms. The van der Waals surface area contributed by atoms with E-state index in [-0.39, 0.29) is 25.1 Å². The molecule has 8 nitrogen and oxygen atoms in total. The third-order valence-electron chi connectivity index (χ3n) is 3.92. The molecule has 0 spiro atoms. The Morgan fingerprint density at radius 1 is 1.23 bits per heavy atom. The van der Waals surface area contributed by atoms with Crippen LogP contribution in [-0.2, 0) is 32.5 Å². The van der Waals surface area contributed by atoms with Crippen LogP contribution in [0.25, 0.3) is 10.9 Å². The van der Waals surface area contributed by atoms with E-state index < -0.39 is 27.8 Å². The summed E-state index contributed by atoms with van der Waals surface area (Å²) < 4.78 is 35.8. The Kier molecular flexibility index (Phi) is 6.38. The number of aryl methyl sites for hydroxylation is 2. The lowest BCUT2D eigenvalue weighted by atomic mass is 10.0. The molecule has 0 unspecified atom stereocenters. The highest BCUT2D eigenvalue weighted by molar-refractivity contribution is 7.85. The molecule has 26 heavy (non-hydrogen) atoms. The quantitative estimate of drug-likeness (QED) is 0.446. The van der Waals surface area contributed by atoms with Gasteiger partial charge in [0.2, 0.25) is 0 Å². The molecule has 1 heterocycles. The van der Waals surface area contributed by atoms with Crippen LogP contribution in [0, 0.1) is 0 Å². The zero-order valence-electron chi connectivity index (χ0n) is 14.3. The van der Waals surface area contributed by atoms with Gasteiger partial charge in [-0.15, -0.1) is 0 Å². The van der Waals surface area contributed by atoms with Crippen molar-refractivity contribution in [1.29, 1.82) is 0 Å². The summed E-state index contributed by atoms with van der Waals surface area (Å²) in [6, 6.07) is 5.17. The summed E-state index contributed by atoms with van der Waals surface area (Å²) in [5.41, 5.74) is 2.28. The summed E-state index contributed by atoms with van der Waals surface area (Å²) in [5, 5.41) is 9.54. The number of aromatic nitrogens is 1. The van der Waals surface area contributed by atoms with Crippen molar-refractivity contribution in [2.75, 3.05) is 12.4 Å². The Bertz CT molecular complexity index is 915. The molecule has 0 atom stereocenters. The number of aromatic amines is 1. The van der Waals surface area contributed by atoms with Gasteiger partial charge in [0.1, 0.15) is 5.69 Å². The van der Waals surface area contributed by atoms with Crippen molar-refractivity contribution in [2.45, 2.75) is 32.6 Å². The number of carboxylic acids is 1. The highest BCUT2D eigenvalue weighted by Crippen LogP contribution is 2.26. The Balaban J connectivity index is 2.39. The summed E-state index contributed by atoms with van der Waals surface area (Å²) in [5.74, 6) is -1.84. The Morgan fingerprint density at radius 2 is 1.96 bits per heavy atom. The molecule has 9 heteroatoms. The fraction of sp³-hybridized carbons (Fsp3) is 0.412. The number of ether oxygens (including phenoxy) is 1. The Hall–Kier alpha value is -2.39. The van der Waals surface area contributed by atoms with Crippen molar-refractivity contribution in [2.24, 2.45) is 0 Å². The predicted molar refractivity (Wildman–Crippen MR) is 94.9 cm³/mol. The highest BCUT2D eigenvalue weighted by atomic mass is 32.2. The molecule has 1 aromatic heterocycles. The van der Waals surface area contributed by atoms with Gasteiger partial charge in [-0.2, -0.15) is 8.42 Å². The zero-order valence-corrected chi connectivity index (χ0v) is 15.1. The molecular weight excluding hydrogens is 362 g/mol. The molecule has 1 aromatic carbocycles. The first kappa shape index (κ1) is 19.9. The topological polar surface area (TPSA) is 134 Å². The second-order valence-corrected chi connectivity index (χ2v) is 7.43. The number of nitrogens with one attached hydrogen (secondary N) is 1. The van der Waals surface area contributed by atoms with Crippen LogP contribution < -0.4 is 0 Å². The van der Waals surface area contributed by atoms with Crippen LogP contribution in [0.5, 0.6) is 0 Å². The summed E-state index contributed by atoms with van der Waals surface area (Å²) >= 11 is 0. The van der Waals surface area contributed by atoms with E-state index >= 15 is 0 Å². The van der Waals surface area contributed by atoms with Gasteiger partial charge in [0, 0.05) is 17.3 Å². The first-order chi connectivity index (χ1) is 12.2. The van der Waals surface area contributed by atoms with Crippen LogP contribution >= 0.6 is 0 Å². The minimum absolute atomic E-state index is 0.0304. The maximum Gasteiger partial charge on any atom is 0.355 e. The van der Waals surface area contributed by atoms with Gasteiger partial charge in [-0.1, -0.05) is 6.07 Å². The molecule has 0 amide bonds. The summed E-state index contributed by atoms with van der Waals surface area (Å²) in [4.78, 5) is 26.0. The van der Waals surface area contributed by atoms with Crippen molar-refractivity contribution in [1.82, 2.24) is 4.98 Å². The number of rotatable bonds is 9. The number of carboxylic acid groups (broad SMARTS) is 1. The number of hydrogen-bond donors (Lipinski definition) is 3. The van der Waals surface area contributed by atoms with E-state index in [2.05, 4.69) is 4.98 Å². The van der Waals surface area contributed by atoms with Crippen LogP contribution in [-0.4, -0.2) is 47.4 Å². The Morgan fingerprint density at radius 3 is 2.58 bits per heavy atom. The Labute approximate surface area is 150 Å². The molecular formula is C17H21NO7S. The third-order valence-corrected chi connectivity index (χ3v) is 4.64. The molecule has 0 fully saturated rings. The molecule has 0 saturated heterocycles. The lowest BCUT2D eigenvalue weighted by Gasteiger charge is -2.05. The largest absolute Gasteiger partial charge is 0.481 e. The van der Waals surface area contributed by atoms with Gasteiger partial charge >= 0.3 is 11.9 Å². The van der Waals surface area contributed by atoms with Crippen LogP contribution in [0.4, 0.5) is 0 Å². The van der Waals surface area contributed by atoms with Crippen molar-refractivity contribution in [3.63, 3.8) is 0 Å². The van der Waals surface area contributed by atoms with Gasteiger partial charge in [-0.25, -0.2) is 4.79 Å². The first-order valence-electron chi connectivity index (χ1n) is 8.19. The van der Waals surface area contributed by atoms with E-state index in [9.17, 15) is 18.0 Å². The van der Waals surface area contributed by atoms with E-state index in [4.69, 9.17) is 14.4 Å². The summed E-state index contributed by atoms with van der Waals surface area (Å²) in [7, 11) is -4.07. The molecule has 2 aromatic rings. The van der Waals surface area contributed by atoms with Crippen LogP contribution in [0.1, 0.15) is 41.4 Å². The number of carbonyl (C=O) groups excluding carboxylic acids is 1. The van der Waals surface area contributed by atoms with Crippen LogP contribution in [0.15, 0.2) is 18.2 Å². The normalized spacial score (nSPS) is 11.6. The van der Waals surface area contributed by atoms with Gasteiger partial charge in [-0.3, -0.25) is 9.35 Å². The molecule has 3 N–H and O–H groups in total. The fourth-order valence-corrected chi connectivity index (χ4v) is 3.24. The average Bonchev–Trinajstić information content (AvgIpc) is 2.90. The number of H-pyrrole nitrogens is 1. The number of carbonyl (C=O) groups is 2. The van der Waals surface area contributed by atoms with E-state index in [1.165, 1.54) is 0 Å². The van der Waals surface area contributed by atoms with Gasteiger partial charge in [0.15, 0.2) is 0 Å². The number of hydrogen-bond acceptors (Lipinski definition) is 5. The lowest BCUT2D eigenvalue weighted by molar-refractivity contribution is -0.137. The van der Waals surface area contributed by atoms with Gasteiger partial charge in [0.25, 0.3) is 10.1 Å². The maximum atomic E-state index is 12.2. The van der Waals surface area contributed by atoms with Crippen molar-refractivity contribution in [3.8, 4) is 0 Å². The maximum absolute atomic E-state index is 12.2. The van der Waals surface area contributed by atoms with E-state index in [1.807, 2.05) is 0 Å². The molecule has 0 aliphatic heterocycles. The zero-order chi connectivity index (χ0) is 19.3. The van der Waals surface area contributed by atoms with E-state index in [1.54, 1.807) is 25.1 Å². The van der Waals surface area contributed by atoms with Crippen LogP contribution in [0.2, 0.25) is 0 Å². The number of aliphatic carboxylic acids is 1. The highest BCUT2D eigenvalue weighted by Gasteiger charge is 2.19. The van der Waals surface area contributed by atoms with E-state index in [0.717, 1.165) is 0 Å². The van der Waals surface area contributed by atoms with E-state index in [0.29, 0.717) is 34.9 Å². The van der Waals surface area contributed by atoms with Crippen molar-refractivity contribution >= 4 is 33.0 Å². The molecule has 0 aliphatic rings. The molecule has 2 rings (SSSR count). The van der Waals surface area contributed by atoms with Gasteiger partial charge < -0.3 is 14.8 Å². The molecule has 0 saturated carbocycles. The number of benzene rings is 1. The van der Waals surface area contributed by atoms with Crippen molar-refractivity contribution < 1.29 is 32.4 Å². The number of esters is 1. The third kappa shape index (κ3) is 5.30. The average molecular weight is 383 g/mol. The minimum atomic E-state index is -4.07. The summed E-state index contributed by atoms with van der Waals surface area (Å²) in [6.45, 7) is 1.90. The number of fused-ring (bicyclic) bond motifs is 1. The minimum Gasteiger partial charge on any atom is -0.481 e. The smallest absolute Gasteiger partial charge is 0.355 e. The molecule has 0 aliphatic carbocycles. The molecule has 142 valence electrons. The lowest BCUT2D eigenvalue weighted by Crippen LogP contribution is -2.08. The predicted octanol–water partition coefficient (Wildman–Crippen LogP) is 2.18. The second-order valence-electron chi connectivity index (χ2n) is 5.86. The second kappa shape index (κ2) is 8.33. The SMILES string of the molecule is CCOC(=O)c1[nH]c2ccc(CCS(=O)(=O)O)cc2c1CCCC(=O)O. The molecule has 0 radical (unpaired) electrons. The van der Waals surface area contributed by atoms with Crippen molar-refractivity contribution in [3.05, 3.63) is 35.0 Å². The van der Waals surface area contributed by atoms with Crippen LogP contribution in [0.3, 0.4) is 0 Å². The summed E-state index contributed by atoms with van der Waals surface area (Å²) in [6.07, 6.45) is 0.812. The first-order valence-corrected chi connectivity index (χ1v) is 9.79. The fourth-order valence-electron chi connectivity index (χ4n) is 2.75. The standard InChI is InChI=1S/C17H21NO7S/c1-2-25-17(21)16-12(4-3-5-15(19)20)13-10-11(6-7-14(13)18-16)8-9-26(22,23)24/h6-7,10,18H,2-5,8-9H2,1H3,(H,19,20)(H,22,23,24). The van der Waals surface area contributed by atoms with Gasteiger partial charge in [0.05, 0.1) is 12.4 Å². The van der Waals surface area contributed by atoms with Gasteiger partial charge in [-0.05, 0) is 49.4 Å². The monoisotopic (exact) mass is 383 g/mol.